The summed E-state index contributed by atoms with van der Waals surface area (Å²) in [4.78, 5) is 5.02. The molecule has 0 fully saturated rings. The van der Waals surface area contributed by atoms with Crippen LogP contribution in [0.1, 0.15) is 0 Å². The van der Waals surface area contributed by atoms with Crippen molar-refractivity contribution in [3.8, 4) is 0 Å². The molecule has 0 aromatic rings. The summed E-state index contributed by atoms with van der Waals surface area (Å²) in [5.41, 5.74) is 3.95. The molecule has 2 rings (SSSR count). The molecule has 0 radical (unpaired) electrons. The molecule has 0 bridgehead atoms. The first kappa shape index (κ1) is 4.88. The van der Waals surface area contributed by atoms with Crippen molar-refractivity contribution < 1.29 is 9.57 Å². The lowest BCUT2D eigenvalue weighted by molar-refractivity contribution is 0.147. The van der Waals surface area contributed by atoms with Gasteiger partial charge in [0.05, 0.1) is 12.8 Å². The second kappa shape index (κ2) is 1.77. The largest absolute Gasteiger partial charge is 0.497 e. The lowest BCUT2D eigenvalue weighted by Crippen LogP contribution is -2.07. The van der Waals surface area contributed by atoms with Gasteiger partial charge in [-0.1, -0.05) is 0 Å². The maximum Gasteiger partial charge on any atom is 0.154 e. The summed E-state index contributed by atoms with van der Waals surface area (Å²) in [5.74, 6) is 0.918. The Balaban J connectivity index is 2.28. The summed E-state index contributed by atoms with van der Waals surface area (Å²) in [6.45, 7) is 1.46. The normalized spacial score (nSPS) is 23.1. The van der Waals surface area contributed by atoms with E-state index in [4.69, 9.17) is 9.57 Å². The molecule has 0 aromatic heterocycles. The molecule has 2 heterocycles. The van der Waals surface area contributed by atoms with Crippen LogP contribution in [0.15, 0.2) is 23.7 Å². The Morgan fingerprint density at radius 3 is 3.44 bits per heavy atom. The fourth-order valence-electron chi connectivity index (χ4n) is 0.893. The van der Waals surface area contributed by atoms with Crippen LogP contribution in [0.4, 0.5) is 0 Å². The van der Waals surface area contributed by atoms with Crippen molar-refractivity contribution in [1.29, 1.82) is 0 Å². The van der Waals surface area contributed by atoms with Gasteiger partial charge in [0.15, 0.2) is 5.76 Å². The first-order valence-corrected chi connectivity index (χ1v) is 2.87. The van der Waals surface area contributed by atoms with Crippen LogP contribution in [0.3, 0.4) is 0 Å². The van der Waals surface area contributed by atoms with Gasteiger partial charge in [0.2, 0.25) is 0 Å². The van der Waals surface area contributed by atoms with E-state index >= 15 is 0 Å². The molecular formula is C6H7NO2. The molecule has 0 saturated carbocycles. The predicted molar refractivity (Wildman–Crippen MR) is 31.2 cm³/mol. The van der Waals surface area contributed by atoms with E-state index in [1.807, 2.05) is 6.08 Å². The Kier molecular flexibility index (Phi) is 0.960. The van der Waals surface area contributed by atoms with Crippen LogP contribution in [0.5, 0.6) is 0 Å². The number of hydroxylamine groups is 1. The molecule has 0 amide bonds. The highest BCUT2D eigenvalue weighted by atomic mass is 16.7. The smallest absolute Gasteiger partial charge is 0.154 e. The number of hydrogen-bond acceptors (Lipinski definition) is 3. The topological polar surface area (TPSA) is 30.5 Å². The Labute approximate surface area is 52.9 Å². The van der Waals surface area contributed by atoms with E-state index in [1.54, 1.807) is 6.26 Å². The van der Waals surface area contributed by atoms with E-state index in [9.17, 15) is 0 Å². The molecular weight excluding hydrogens is 118 g/mol. The van der Waals surface area contributed by atoms with Gasteiger partial charge < -0.3 is 9.57 Å². The minimum absolute atomic E-state index is 0.666. The maximum absolute atomic E-state index is 5.02. The van der Waals surface area contributed by atoms with E-state index in [1.165, 1.54) is 5.57 Å². The van der Waals surface area contributed by atoms with Gasteiger partial charge in [0, 0.05) is 11.6 Å². The molecule has 0 atom stereocenters. The van der Waals surface area contributed by atoms with E-state index in [-0.39, 0.29) is 0 Å². The second-order valence-corrected chi connectivity index (χ2v) is 2.00. The van der Waals surface area contributed by atoms with Gasteiger partial charge in [-0.25, -0.2) is 0 Å². The van der Waals surface area contributed by atoms with Gasteiger partial charge >= 0.3 is 0 Å². The van der Waals surface area contributed by atoms with Gasteiger partial charge in [-0.15, -0.1) is 0 Å². The van der Waals surface area contributed by atoms with Crippen molar-refractivity contribution in [1.82, 2.24) is 5.48 Å². The van der Waals surface area contributed by atoms with Crippen molar-refractivity contribution in [2.45, 2.75) is 0 Å². The minimum Gasteiger partial charge on any atom is -0.497 e. The SMILES string of the molecule is C1=CC2=C(CNO2)CO1. The molecule has 0 spiro atoms. The Morgan fingerprint density at radius 2 is 2.56 bits per heavy atom. The molecule has 0 aromatic carbocycles. The molecule has 2 aliphatic rings. The summed E-state index contributed by atoms with van der Waals surface area (Å²) in [6, 6.07) is 0. The van der Waals surface area contributed by atoms with Crippen LogP contribution >= 0.6 is 0 Å². The third-order valence-corrected chi connectivity index (χ3v) is 1.39. The second-order valence-electron chi connectivity index (χ2n) is 2.00. The fourth-order valence-corrected chi connectivity index (χ4v) is 0.893. The summed E-state index contributed by atoms with van der Waals surface area (Å²) in [6.07, 6.45) is 3.46. The van der Waals surface area contributed by atoms with Crippen LogP contribution in [0, 0.1) is 0 Å². The number of rotatable bonds is 0. The van der Waals surface area contributed by atoms with E-state index in [0.29, 0.717) is 6.61 Å². The van der Waals surface area contributed by atoms with Crippen LogP contribution < -0.4 is 5.48 Å². The molecule has 0 unspecified atom stereocenters. The fraction of sp³-hybridized carbons (Fsp3) is 0.333. The van der Waals surface area contributed by atoms with Gasteiger partial charge in [0.1, 0.15) is 6.61 Å². The summed E-state index contributed by atoms with van der Waals surface area (Å²) in [5, 5.41) is 0. The average Bonchev–Trinajstić information content (AvgIpc) is 2.33. The average molecular weight is 125 g/mol. The molecule has 0 saturated heterocycles. The minimum atomic E-state index is 0.666. The Bertz CT molecular complexity index is 183. The van der Waals surface area contributed by atoms with E-state index < -0.39 is 0 Å². The highest BCUT2D eigenvalue weighted by molar-refractivity contribution is 5.25. The van der Waals surface area contributed by atoms with Crippen molar-refractivity contribution in [3.63, 3.8) is 0 Å². The Hall–Kier alpha value is -0.960. The quantitative estimate of drug-likeness (QED) is 0.505. The zero-order chi connectivity index (χ0) is 6.10. The predicted octanol–water partition coefficient (Wildman–Crippen LogP) is 0.319. The standard InChI is InChI=1S/C6H7NO2/c1-2-8-4-5-3-7-9-6(1)5/h1-2,7H,3-4H2. The van der Waals surface area contributed by atoms with Gasteiger partial charge in [-0.05, 0) is 0 Å². The molecule has 3 heteroatoms. The summed E-state index contributed by atoms with van der Waals surface area (Å²) >= 11 is 0. The third-order valence-electron chi connectivity index (χ3n) is 1.39. The highest BCUT2D eigenvalue weighted by Crippen LogP contribution is 2.16. The van der Waals surface area contributed by atoms with E-state index in [2.05, 4.69) is 5.48 Å². The van der Waals surface area contributed by atoms with Crippen molar-refractivity contribution >= 4 is 0 Å². The van der Waals surface area contributed by atoms with Crippen molar-refractivity contribution in [2.24, 2.45) is 0 Å². The first-order chi connectivity index (χ1) is 4.47. The van der Waals surface area contributed by atoms with Crippen molar-refractivity contribution in [3.05, 3.63) is 23.7 Å². The third kappa shape index (κ3) is 0.695. The van der Waals surface area contributed by atoms with Crippen LogP contribution in [0.2, 0.25) is 0 Å². The Morgan fingerprint density at radius 1 is 1.56 bits per heavy atom. The van der Waals surface area contributed by atoms with Crippen LogP contribution in [0.25, 0.3) is 0 Å². The van der Waals surface area contributed by atoms with Crippen molar-refractivity contribution in [2.75, 3.05) is 13.2 Å². The lowest BCUT2D eigenvalue weighted by atomic mass is 10.2. The highest BCUT2D eigenvalue weighted by Gasteiger charge is 2.15. The lowest BCUT2D eigenvalue weighted by Gasteiger charge is -2.05. The van der Waals surface area contributed by atoms with Gasteiger partial charge in [-0.2, -0.15) is 5.48 Å². The van der Waals surface area contributed by atoms with Gasteiger partial charge in [-0.3, -0.25) is 0 Å². The zero-order valence-corrected chi connectivity index (χ0v) is 4.89. The number of nitrogens with one attached hydrogen (secondary N) is 1. The van der Waals surface area contributed by atoms with Gasteiger partial charge in [0.25, 0.3) is 0 Å². The molecule has 48 valence electrons. The molecule has 9 heavy (non-hydrogen) atoms. The van der Waals surface area contributed by atoms with Crippen LogP contribution in [-0.2, 0) is 9.57 Å². The monoisotopic (exact) mass is 125 g/mol. The number of allylic oxidation sites excluding steroid dienone is 1. The maximum atomic E-state index is 5.02. The molecule has 3 nitrogen and oxygen atoms in total. The molecule has 0 aliphatic carbocycles. The summed E-state index contributed by atoms with van der Waals surface area (Å²) in [7, 11) is 0. The van der Waals surface area contributed by atoms with Crippen LogP contribution in [-0.4, -0.2) is 13.2 Å². The zero-order valence-electron chi connectivity index (χ0n) is 4.89. The molecule has 2 aliphatic heterocycles. The number of ether oxygens (including phenoxy) is 1. The first-order valence-electron chi connectivity index (χ1n) is 2.87. The van der Waals surface area contributed by atoms with E-state index in [0.717, 1.165) is 12.3 Å². The molecule has 1 N–H and O–H groups in total. The summed E-state index contributed by atoms with van der Waals surface area (Å²) < 4.78 is 5.02. The number of hydrogen-bond donors (Lipinski definition) is 1.